The molecular formula is C14H19NO3. The number of ether oxygens (including phenoxy) is 2. The Labute approximate surface area is 107 Å². The Morgan fingerprint density at radius 3 is 2.61 bits per heavy atom. The number of hydrogen-bond donors (Lipinski definition) is 0. The van der Waals surface area contributed by atoms with Crippen molar-refractivity contribution >= 4 is 5.91 Å². The second kappa shape index (κ2) is 5.87. The summed E-state index contributed by atoms with van der Waals surface area (Å²) in [7, 11) is 3.25. The summed E-state index contributed by atoms with van der Waals surface area (Å²) in [6.45, 7) is 2.18. The van der Waals surface area contributed by atoms with Crippen molar-refractivity contribution in [3.8, 4) is 5.75 Å². The van der Waals surface area contributed by atoms with E-state index < -0.39 is 0 Å². The zero-order valence-electron chi connectivity index (χ0n) is 10.9. The van der Waals surface area contributed by atoms with Crippen LogP contribution >= 0.6 is 0 Å². The molecule has 98 valence electrons. The van der Waals surface area contributed by atoms with Gasteiger partial charge in [-0.15, -0.1) is 0 Å². The molecule has 0 N–H and O–H groups in total. The third kappa shape index (κ3) is 2.64. The highest BCUT2D eigenvalue weighted by Gasteiger charge is 2.20. The van der Waals surface area contributed by atoms with E-state index in [0.29, 0.717) is 12.2 Å². The monoisotopic (exact) mass is 249 g/mol. The van der Waals surface area contributed by atoms with E-state index in [2.05, 4.69) is 0 Å². The molecule has 1 aromatic carbocycles. The van der Waals surface area contributed by atoms with Gasteiger partial charge in [-0.05, 0) is 31.0 Å². The summed E-state index contributed by atoms with van der Waals surface area (Å²) in [5, 5.41) is 0. The maximum Gasteiger partial charge on any atom is 0.253 e. The summed E-state index contributed by atoms with van der Waals surface area (Å²) in [5.41, 5.74) is 1.62. The number of carbonyl (C=O) groups is 1. The molecule has 0 atom stereocenters. The lowest BCUT2D eigenvalue weighted by atomic mass is 10.1. The number of hydrogen-bond acceptors (Lipinski definition) is 3. The van der Waals surface area contributed by atoms with Crippen LogP contribution < -0.4 is 4.74 Å². The van der Waals surface area contributed by atoms with E-state index in [-0.39, 0.29) is 5.91 Å². The fourth-order valence-electron chi connectivity index (χ4n) is 2.28. The fourth-order valence-corrected chi connectivity index (χ4v) is 2.28. The van der Waals surface area contributed by atoms with Gasteiger partial charge in [-0.1, -0.05) is 0 Å². The molecular weight excluding hydrogens is 230 g/mol. The molecule has 0 aliphatic carbocycles. The topological polar surface area (TPSA) is 38.8 Å². The maximum absolute atomic E-state index is 12.2. The summed E-state index contributed by atoms with van der Waals surface area (Å²) < 4.78 is 10.4. The summed E-state index contributed by atoms with van der Waals surface area (Å²) in [4.78, 5) is 14.1. The van der Waals surface area contributed by atoms with Gasteiger partial charge in [-0.3, -0.25) is 4.79 Å². The zero-order valence-corrected chi connectivity index (χ0v) is 10.9. The van der Waals surface area contributed by atoms with Crippen LogP contribution in [0, 0.1) is 0 Å². The molecule has 0 radical (unpaired) electrons. The highest BCUT2D eigenvalue weighted by Crippen LogP contribution is 2.22. The molecule has 0 bridgehead atoms. The van der Waals surface area contributed by atoms with E-state index in [1.165, 1.54) is 0 Å². The molecule has 1 aliphatic rings. The minimum absolute atomic E-state index is 0.104. The van der Waals surface area contributed by atoms with Crippen molar-refractivity contribution in [1.29, 1.82) is 0 Å². The van der Waals surface area contributed by atoms with Crippen LogP contribution in [-0.2, 0) is 11.3 Å². The quantitative estimate of drug-likeness (QED) is 0.820. The first-order valence-electron chi connectivity index (χ1n) is 6.21. The van der Waals surface area contributed by atoms with E-state index >= 15 is 0 Å². The van der Waals surface area contributed by atoms with Gasteiger partial charge >= 0.3 is 0 Å². The van der Waals surface area contributed by atoms with Crippen LogP contribution in [0.1, 0.15) is 28.8 Å². The minimum atomic E-state index is 0.104. The van der Waals surface area contributed by atoms with E-state index in [4.69, 9.17) is 9.47 Å². The van der Waals surface area contributed by atoms with Crippen molar-refractivity contribution in [2.75, 3.05) is 27.3 Å². The highest BCUT2D eigenvalue weighted by molar-refractivity contribution is 5.94. The Morgan fingerprint density at radius 2 is 2.00 bits per heavy atom. The van der Waals surface area contributed by atoms with E-state index in [9.17, 15) is 4.79 Å². The lowest BCUT2D eigenvalue weighted by Crippen LogP contribution is -2.27. The number of nitrogens with zero attached hydrogens (tertiary/aromatic N) is 1. The summed E-state index contributed by atoms with van der Waals surface area (Å²) in [6.07, 6.45) is 2.21. The predicted molar refractivity (Wildman–Crippen MR) is 68.8 cm³/mol. The van der Waals surface area contributed by atoms with Gasteiger partial charge in [0.05, 0.1) is 13.7 Å². The molecule has 0 saturated carbocycles. The standard InChI is InChI=1S/C14H19NO3/c1-17-10-12-9-11(5-6-13(12)18-2)14(16)15-7-3-4-8-15/h5-6,9H,3-4,7-8,10H2,1-2H3. The van der Waals surface area contributed by atoms with Crippen LogP contribution in [0.15, 0.2) is 18.2 Å². The van der Waals surface area contributed by atoms with Crippen molar-refractivity contribution in [2.45, 2.75) is 19.4 Å². The minimum Gasteiger partial charge on any atom is -0.496 e. The van der Waals surface area contributed by atoms with Crippen LogP contribution in [0.5, 0.6) is 5.75 Å². The SMILES string of the molecule is COCc1cc(C(=O)N2CCCC2)ccc1OC. The number of rotatable bonds is 4. The summed E-state index contributed by atoms with van der Waals surface area (Å²) in [5.74, 6) is 0.863. The Morgan fingerprint density at radius 1 is 1.28 bits per heavy atom. The van der Waals surface area contributed by atoms with E-state index in [1.54, 1.807) is 14.2 Å². The van der Waals surface area contributed by atoms with Gasteiger partial charge in [0, 0.05) is 31.3 Å². The van der Waals surface area contributed by atoms with Gasteiger partial charge in [0.1, 0.15) is 5.75 Å². The van der Waals surface area contributed by atoms with Crippen molar-refractivity contribution in [2.24, 2.45) is 0 Å². The Kier molecular flexibility index (Phi) is 4.20. The van der Waals surface area contributed by atoms with Gasteiger partial charge in [-0.25, -0.2) is 0 Å². The third-order valence-electron chi connectivity index (χ3n) is 3.22. The first kappa shape index (κ1) is 12.9. The number of carbonyl (C=O) groups excluding carboxylic acids is 1. The van der Waals surface area contributed by atoms with Crippen molar-refractivity contribution in [3.05, 3.63) is 29.3 Å². The van der Waals surface area contributed by atoms with E-state index in [1.807, 2.05) is 23.1 Å². The maximum atomic E-state index is 12.2. The van der Waals surface area contributed by atoms with Crippen molar-refractivity contribution in [3.63, 3.8) is 0 Å². The molecule has 1 fully saturated rings. The highest BCUT2D eigenvalue weighted by atomic mass is 16.5. The Bertz CT molecular complexity index is 425. The fraction of sp³-hybridized carbons (Fsp3) is 0.500. The number of amides is 1. The molecule has 1 aliphatic heterocycles. The summed E-state index contributed by atoms with van der Waals surface area (Å²) >= 11 is 0. The molecule has 4 heteroatoms. The van der Waals surface area contributed by atoms with Gasteiger partial charge in [0.25, 0.3) is 5.91 Å². The largest absolute Gasteiger partial charge is 0.496 e. The molecule has 1 aromatic rings. The first-order chi connectivity index (χ1) is 8.76. The Balaban J connectivity index is 2.22. The molecule has 2 rings (SSSR count). The normalized spacial score (nSPS) is 14.9. The lowest BCUT2D eigenvalue weighted by molar-refractivity contribution is 0.0792. The molecule has 0 aromatic heterocycles. The molecule has 4 nitrogen and oxygen atoms in total. The smallest absolute Gasteiger partial charge is 0.253 e. The Hall–Kier alpha value is -1.55. The van der Waals surface area contributed by atoms with E-state index in [0.717, 1.165) is 37.2 Å². The predicted octanol–water partition coefficient (Wildman–Crippen LogP) is 2.08. The summed E-state index contributed by atoms with van der Waals surface area (Å²) in [6, 6.07) is 5.51. The van der Waals surface area contributed by atoms with Gasteiger partial charge in [0.15, 0.2) is 0 Å². The average Bonchev–Trinajstić information content (AvgIpc) is 2.92. The molecule has 1 amide bonds. The second-order valence-electron chi connectivity index (χ2n) is 4.46. The van der Waals surface area contributed by atoms with Gasteiger partial charge in [-0.2, -0.15) is 0 Å². The zero-order chi connectivity index (χ0) is 13.0. The van der Waals surface area contributed by atoms with Crippen LogP contribution in [-0.4, -0.2) is 38.1 Å². The van der Waals surface area contributed by atoms with Gasteiger partial charge < -0.3 is 14.4 Å². The van der Waals surface area contributed by atoms with Crippen LogP contribution in [0.2, 0.25) is 0 Å². The average molecular weight is 249 g/mol. The number of benzene rings is 1. The second-order valence-corrected chi connectivity index (χ2v) is 4.46. The van der Waals surface area contributed by atoms with Crippen LogP contribution in [0.25, 0.3) is 0 Å². The molecule has 1 heterocycles. The van der Waals surface area contributed by atoms with Gasteiger partial charge in [0.2, 0.25) is 0 Å². The van der Waals surface area contributed by atoms with Crippen molar-refractivity contribution < 1.29 is 14.3 Å². The lowest BCUT2D eigenvalue weighted by Gasteiger charge is -2.16. The van der Waals surface area contributed by atoms with Crippen LogP contribution in [0.3, 0.4) is 0 Å². The number of likely N-dealkylation sites (tertiary alicyclic amines) is 1. The molecule has 0 unspecified atom stereocenters. The molecule has 18 heavy (non-hydrogen) atoms. The number of methoxy groups -OCH3 is 2. The van der Waals surface area contributed by atoms with Crippen molar-refractivity contribution in [1.82, 2.24) is 4.90 Å². The first-order valence-corrected chi connectivity index (χ1v) is 6.21. The van der Waals surface area contributed by atoms with Crippen LogP contribution in [0.4, 0.5) is 0 Å². The molecule has 1 saturated heterocycles. The third-order valence-corrected chi connectivity index (χ3v) is 3.22. The molecule has 0 spiro atoms.